The van der Waals surface area contributed by atoms with Gasteiger partial charge in [0.05, 0.1) is 23.5 Å². The van der Waals surface area contributed by atoms with Gasteiger partial charge < -0.3 is 15.4 Å². The van der Waals surface area contributed by atoms with Crippen LogP contribution < -0.4 is 10.6 Å². The molecule has 0 spiro atoms. The van der Waals surface area contributed by atoms with E-state index >= 15 is 0 Å². The van der Waals surface area contributed by atoms with Crippen molar-refractivity contribution < 1.29 is 14.3 Å². The van der Waals surface area contributed by atoms with E-state index < -0.39 is 0 Å². The molecule has 1 aromatic carbocycles. The van der Waals surface area contributed by atoms with E-state index in [0.29, 0.717) is 30.0 Å². The molecule has 1 aliphatic heterocycles. The van der Waals surface area contributed by atoms with Crippen molar-refractivity contribution in [2.45, 2.75) is 26.3 Å². The summed E-state index contributed by atoms with van der Waals surface area (Å²) in [5, 5.41) is 5.96. The van der Waals surface area contributed by atoms with Crippen molar-refractivity contribution in [2.75, 3.05) is 17.2 Å². The highest BCUT2D eigenvalue weighted by molar-refractivity contribution is 6.04. The van der Waals surface area contributed by atoms with Crippen LogP contribution in [0.3, 0.4) is 0 Å². The minimum Gasteiger partial charge on any atom is -0.462 e. The Bertz CT molecular complexity index is 485. The molecule has 2 N–H and O–H groups in total. The number of benzene rings is 1. The van der Waals surface area contributed by atoms with Crippen LogP contribution in [0.15, 0.2) is 18.2 Å². The summed E-state index contributed by atoms with van der Waals surface area (Å²) in [4.78, 5) is 23.4. The maximum atomic E-state index is 11.8. The van der Waals surface area contributed by atoms with Gasteiger partial charge >= 0.3 is 5.97 Å². The monoisotopic (exact) mass is 248 g/mol. The lowest BCUT2D eigenvalue weighted by Crippen LogP contribution is -2.19. The summed E-state index contributed by atoms with van der Waals surface area (Å²) in [5.74, 6) is -0.444. The molecule has 0 aromatic heterocycles. The number of carbonyl (C=O) groups excluding carboxylic acids is 2. The first-order chi connectivity index (χ1) is 8.61. The van der Waals surface area contributed by atoms with Gasteiger partial charge in [-0.2, -0.15) is 0 Å². The zero-order valence-corrected chi connectivity index (χ0v) is 10.4. The van der Waals surface area contributed by atoms with Crippen LogP contribution in [-0.4, -0.2) is 24.5 Å². The van der Waals surface area contributed by atoms with E-state index in [1.165, 1.54) is 0 Å². The van der Waals surface area contributed by atoms with Crippen LogP contribution in [0, 0.1) is 0 Å². The molecule has 2 rings (SSSR count). The summed E-state index contributed by atoms with van der Waals surface area (Å²) < 4.78 is 5.01. The van der Waals surface area contributed by atoms with Crippen molar-refractivity contribution in [3.05, 3.63) is 23.8 Å². The lowest BCUT2D eigenvalue weighted by Gasteiger charge is -2.15. The summed E-state index contributed by atoms with van der Waals surface area (Å²) in [7, 11) is 0. The van der Waals surface area contributed by atoms with Crippen LogP contribution >= 0.6 is 0 Å². The van der Waals surface area contributed by atoms with Gasteiger partial charge in [0.2, 0.25) is 5.91 Å². The number of ether oxygens (including phenoxy) is 1. The van der Waals surface area contributed by atoms with Crippen LogP contribution in [0.1, 0.15) is 30.6 Å². The zero-order valence-electron chi connectivity index (χ0n) is 10.4. The molecule has 0 aliphatic carbocycles. The highest BCUT2D eigenvalue weighted by Crippen LogP contribution is 2.30. The average Bonchev–Trinajstić information content (AvgIpc) is 2.45. The molecule has 1 aliphatic rings. The minimum atomic E-state index is -0.384. The molecule has 1 atom stereocenters. The summed E-state index contributed by atoms with van der Waals surface area (Å²) in [6, 6.07) is 5.15. The molecule has 1 aromatic rings. The van der Waals surface area contributed by atoms with Gasteiger partial charge in [0.15, 0.2) is 0 Å². The fourth-order valence-electron chi connectivity index (χ4n) is 1.97. The van der Waals surface area contributed by atoms with E-state index in [0.717, 1.165) is 0 Å². The molecular weight excluding hydrogens is 232 g/mol. The van der Waals surface area contributed by atoms with E-state index in [1.54, 1.807) is 25.1 Å². The lowest BCUT2D eigenvalue weighted by atomic mass is 10.1. The van der Waals surface area contributed by atoms with Gasteiger partial charge in [-0.05, 0) is 26.0 Å². The molecule has 0 saturated heterocycles. The second-order valence-electron chi connectivity index (χ2n) is 4.25. The first-order valence-electron chi connectivity index (χ1n) is 5.98. The van der Waals surface area contributed by atoms with Gasteiger partial charge in [-0.15, -0.1) is 0 Å². The number of hydrogen-bond donors (Lipinski definition) is 2. The molecule has 1 heterocycles. The highest BCUT2D eigenvalue weighted by Gasteiger charge is 2.22. The number of para-hydroxylation sites is 1. The summed E-state index contributed by atoms with van der Waals surface area (Å²) >= 11 is 0. The van der Waals surface area contributed by atoms with E-state index in [9.17, 15) is 9.59 Å². The number of esters is 1. The normalized spacial score (nSPS) is 18.1. The Hall–Kier alpha value is -2.04. The first-order valence-corrected chi connectivity index (χ1v) is 5.98. The third kappa shape index (κ3) is 2.45. The molecule has 1 amide bonds. The van der Waals surface area contributed by atoms with E-state index in [1.807, 2.05) is 6.92 Å². The van der Waals surface area contributed by atoms with Crippen molar-refractivity contribution in [1.82, 2.24) is 0 Å². The van der Waals surface area contributed by atoms with Crippen molar-refractivity contribution in [3.63, 3.8) is 0 Å². The van der Waals surface area contributed by atoms with Crippen LogP contribution in [0.2, 0.25) is 0 Å². The molecule has 96 valence electrons. The van der Waals surface area contributed by atoms with Crippen LogP contribution in [0.25, 0.3) is 0 Å². The topological polar surface area (TPSA) is 67.4 Å². The summed E-state index contributed by atoms with van der Waals surface area (Å²) in [5.41, 5.74) is 1.70. The van der Waals surface area contributed by atoms with Crippen molar-refractivity contribution in [1.29, 1.82) is 0 Å². The van der Waals surface area contributed by atoms with Gasteiger partial charge in [-0.1, -0.05) is 6.07 Å². The molecule has 0 fully saturated rings. The average molecular weight is 248 g/mol. The predicted octanol–water partition coefficient (Wildman–Crippen LogP) is 2.01. The van der Waals surface area contributed by atoms with E-state index in [2.05, 4.69) is 10.6 Å². The number of fused-ring (bicyclic) bond motifs is 1. The number of anilines is 2. The third-order valence-electron chi connectivity index (χ3n) is 2.72. The van der Waals surface area contributed by atoms with Crippen LogP contribution in [0.4, 0.5) is 11.4 Å². The molecule has 0 saturated carbocycles. The fraction of sp³-hybridized carbons (Fsp3) is 0.385. The predicted molar refractivity (Wildman–Crippen MR) is 68.7 cm³/mol. The lowest BCUT2D eigenvalue weighted by molar-refractivity contribution is -0.116. The number of carbonyl (C=O) groups is 2. The van der Waals surface area contributed by atoms with Crippen molar-refractivity contribution >= 4 is 23.3 Å². The minimum absolute atomic E-state index is 0.0261. The second-order valence-corrected chi connectivity index (χ2v) is 4.25. The SMILES string of the molecule is CCOC(=O)c1cccc2c1NC(C)CC(=O)N2. The Morgan fingerprint density at radius 1 is 1.50 bits per heavy atom. The second kappa shape index (κ2) is 5.08. The van der Waals surface area contributed by atoms with Crippen molar-refractivity contribution in [2.24, 2.45) is 0 Å². The largest absolute Gasteiger partial charge is 0.462 e. The summed E-state index contributed by atoms with van der Waals surface area (Å²) in [6.45, 7) is 3.98. The van der Waals surface area contributed by atoms with Gasteiger partial charge in [0.25, 0.3) is 0 Å². The fourth-order valence-corrected chi connectivity index (χ4v) is 1.97. The number of nitrogens with one attached hydrogen (secondary N) is 2. The number of hydrogen-bond acceptors (Lipinski definition) is 4. The zero-order chi connectivity index (χ0) is 13.1. The Labute approximate surface area is 106 Å². The molecule has 0 radical (unpaired) electrons. The number of amides is 1. The Morgan fingerprint density at radius 2 is 2.28 bits per heavy atom. The maximum absolute atomic E-state index is 11.8. The first kappa shape index (κ1) is 12.4. The van der Waals surface area contributed by atoms with Gasteiger partial charge in [-0.25, -0.2) is 4.79 Å². The Kier molecular flexibility index (Phi) is 3.50. The van der Waals surface area contributed by atoms with Gasteiger partial charge in [0, 0.05) is 12.5 Å². The molecule has 5 heteroatoms. The highest BCUT2D eigenvalue weighted by atomic mass is 16.5. The van der Waals surface area contributed by atoms with Gasteiger partial charge in [-0.3, -0.25) is 4.79 Å². The molecule has 5 nitrogen and oxygen atoms in total. The molecule has 18 heavy (non-hydrogen) atoms. The third-order valence-corrected chi connectivity index (χ3v) is 2.72. The van der Waals surface area contributed by atoms with Crippen LogP contribution in [-0.2, 0) is 9.53 Å². The molecular formula is C13H16N2O3. The Balaban J connectivity index is 2.42. The van der Waals surface area contributed by atoms with Crippen molar-refractivity contribution in [3.8, 4) is 0 Å². The quantitative estimate of drug-likeness (QED) is 0.786. The van der Waals surface area contributed by atoms with E-state index in [4.69, 9.17) is 4.74 Å². The standard InChI is InChI=1S/C13H16N2O3/c1-3-18-13(17)9-5-4-6-10-12(9)14-8(2)7-11(16)15-10/h4-6,8,14H,3,7H2,1-2H3,(H,15,16). The van der Waals surface area contributed by atoms with Gasteiger partial charge in [0.1, 0.15) is 0 Å². The Morgan fingerprint density at radius 3 is 3.00 bits per heavy atom. The molecule has 0 bridgehead atoms. The van der Waals surface area contributed by atoms with E-state index in [-0.39, 0.29) is 17.9 Å². The smallest absolute Gasteiger partial charge is 0.340 e. The number of rotatable bonds is 2. The maximum Gasteiger partial charge on any atom is 0.340 e. The molecule has 1 unspecified atom stereocenters. The van der Waals surface area contributed by atoms with Crippen LogP contribution in [0.5, 0.6) is 0 Å². The summed E-state index contributed by atoms with van der Waals surface area (Å²) in [6.07, 6.45) is 0.372.